The maximum Gasteiger partial charge on any atom is 0.336 e. The van der Waals surface area contributed by atoms with E-state index >= 15 is 0 Å². The molecule has 100 valence electrons. The minimum Gasteiger partial charge on any atom is -0.423 e. The molecule has 5 heteroatoms. The Morgan fingerprint density at radius 1 is 1.25 bits per heavy atom. The summed E-state index contributed by atoms with van der Waals surface area (Å²) in [6, 6.07) is 7.33. The van der Waals surface area contributed by atoms with E-state index in [0.717, 1.165) is 16.5 Å². The first-order valence-electron chi connectivity index (χ1n) is 6.26. The summed E-state index contributed by atoms with van der Waals surface area (Å²) in [4.78, 5) is 19.5. The van der Waals surface area contributed by atoms with Crippen molar-refractivity contribution < 1.29 is 4.42 Å². The molecule has 20 heavy (non-hydrogen) atoms. The van der Waals surface area contributed by atoms with E-state index < -0.39 is 0 Å². The fraction of sp³-hybridized carbons (Fsp3) is 0.133. The Kier molecular flexibility index (Phi) is 3.16. The van der Waals surface area contributed by atoms with Crippen molar-refractivity contribution in [1.82, 2.24) is 9.97 Å². The molecule has 3 aromatic rings. The van der Waals surface area contributed by atoms with E-state index in [1.54, 1.807) is 18.6 Å². The Labute approximate surface area is 115 Å². The van der Waals surface area contributed by atoms with Crippen molar-refractivity contribution in [3.63, 3.8) is 0 Å². The van der Waals surface area contributed by atoms with Gasteiger partial charge in [0.05, 0.1) is 6.20 Å². The van der Waals surface area contributed by atoms with Crippen molar-refractivity contribution >= 4 is 16.8 Å². The van der Waals surface area contributed by atoms with Crippen molar-refractivity contribution in [3.8, 4) is 0 Å². The average Bonchev–Trinajstić information content (AvgIpc) is 2.45. The van der Waals surface area contributed by atoms with Crippen LogP contribution in [0.3, 0.4) is 0 Å². The third-order valence-corrected chi connectivity index (χ3v) is 3.05. The first kappa shape index (κ1) is 12.3. The smallest absolute Gasteiger partial charge is 0.336 e. The van der Waals surface area contributed by atoms with E-state index in [-0.39, 0.29) is 5.63 Å². The van der Waals surface area contributed by atoms with Gasteiger partial charge in [-0.2, -0.15) is 0 Å². The van der Waals surface area contributed by atoms with Crippen molar-refractivity contribution in [2.75, 3.05) is 5.32 Å². The number of hydrogen-bond acceptors (Lipinski definition) is 5. The number of nitrogens with zero attached hydrogens (tertiary/aromatic N) is 2. The summed E-state index contributed by atoms with van der Waals surface area (Å²) in [6.45, 7) is 2.49. The zero-order valence-corrected chi connectivity index (χ0v) is 11.0. The molecule has 0 saturated heterocycles. The lowest BCUT2D eigenvalue weighted by atomic mass is 10.1. The van der Waals surface area contributed by atoms with Crippen LogP contribution < -0.4 is 10.9 Å². The summed E-state index contributed by atoms with van der Waals surface area (Å²) < 4.78 is 5.22. The third-order valence-electron chi connectivity index (χ3n) is 3.05. The first-order valence-corrected chi connectivity index (χ1v) is 6.26. The largest absolute Gasteiger partial charge is 0.423 e. The fourth-order valence-corrected chi connectivity index (χ4v) is 2.06. The number of anilines is 1. The predicted molar refractivity (Wildman–Crippen MR) is 76.6 cm³/mol. The van der Waals surface area contributed by atoms with Gasteiger partial charge in [-0.05, 0) is 24.1 Å². The summed E-state index contributed by atoms with van der Waals surface area (Å²) in [5.74, 6) is 0.707. The van der Waals surface area contributed by atoms with Gasteiger partial charge in [0.25, 0.3) is 0 Å². The van der Waals surface area contributed by atoms with Crippen LogP contribution in [-0.4, -0.2) is 9.97 Å². The van der Waals surface area contributed by atoms with E-state index in [1.807, 2.05) is 25.1 Å². The van der Waals surface area contributed by atoms with Crippen LogP contribution in [-0.2, 0) is 6.54 Å². The van der Waals surface area contributed by atoms with Gasteiger partial charge in [-0.15, -0.1) is 0 Å². The Hall–Kier alpha value is -2.69. The summed E-state index contributed by atoms with van der Waals surface area (Å²) in [7, 11) is 0. The molecule has 2 aromatic heterocycles. The van der Waals surface area contributed by atoms with Gasteiger partial charge >= 0.3 is 5.63 Å². The van der Waals surface area contributed by atoms with E-state index in [0.29, 0.717) is 17.9 Å². The molecule has 0 unspecified atom stereocenters. The highest BCUT2D eigenvalue weighted by molar-refractivity contribution is 5.80. The highest BCUT2D eigenvalue weighted by Crippen LogP contribution is 2.18. The molecule has 0 fully saturated rings. The maximum absolute atomic E-state index is 11.4. The molecule has 0 saturated carbocycles. The summed E-state index contributed by atoms with van der Waals surface area (Å²) in [6.07, 6.45) is 4.91. The van der Waals surface area contributed by atoms with Crippen molar-refractivity contribution in [1.29, 1.82) is 0 Å². The van der Waals surface area contributed by atoms with Crippen LogP contribution in [0.5, 0.6) is 0 Å². The number of rotatable bonds is 3. The molecule has 0 bridgehead atoms. The Bertz CT molecular complexity index is 797. The van der Waals surface area contributed by atoms with Crippen LogP contribution in [0.4, 0.5) is 5.82 Å². The SMILES string of the molecule is Cc1cc(=O)oc2cc(CNc3cnccn3)ccc12. The number of benzene rings is 1. The van der Waals surface area contributed by atoms with Crippen LogP contribution in [0.25, 0.3) is 11.0 Å². The van der Waals surface area contributed by atoms with Gasteiger partial charge in [-0.25, -0.2) is 9.78 Å². The van der Waals surface area contributed by atoms with Crippen LogP contribution in [0, 0.1) is 6.92 Å². The highest BCUT2D eigenvalue weighted by atomic mass is 16.4. The second-order valence-electron chi connectivity index (χ2n) is 4.52. The van der Waals surface area contributed by atoms with Gasteiger partial charge < -0.3 is 9.73 Å². The van der Waals surface area contributed by atoms with E-state index in [4.69, 9.17) is 4.42 Å². The molecular weight excluding hydrogens is 254 g/mol. The molecule has 0 aliphatic carbocycles. The van der Waals surface area contributed by atoms with Crippen molar-refractivity contribution in [2.45, 2.75) is 13.5 Å². The Morgan fingerprint density at radius 2 is 2.15 bits per heavy atom. The van der Waals surface area contributed by atoms with Gasteiger partial charge in [0.15, 0.2) is 0 Å². The van der Waals surface area contributed by atoms with Crippen LogP contribution in [0.2, 0.25) is 0 Å². The second kappa shape index (κ2) is 5.13. The Balaban J connectivity index is 1.88. The molecule has 5 nitrogen and oxygen atoms in total. The van der Waals surface area contributed by atoms with Gasteiger partial charge in [0.1, 0.15) is 11.4 Å². The van der Waals surface area contributed by atoms with E-state index in [2.05, 4.69) is 15.3 Å². The molecule has 1 aromatic carbocycles. The summed E-state index contributed by atoms with van der Waals surface area (Å²) >= 11 is 0. The third kappa shape index (κ3) is 2.51. The average molecular weight is 267 g/mol. The fourth-order valence-electron chi connectivity index (χ4n) is 2.06. The maximum atomic E-state index is 11.4. The molecule has 0 radical (unpaired) electrons. The molecule has 0 atom stereocenters. The molecule has 0 aliphatic rings. The van der Waals surface area contributed by atoms with Gasteiger partial charge in [-0.3, -0.25) is 4.98 Å². The lowest BCUT2D eigenvalue weighted by molar-refractivity contribution is 0.559. The summed E-state index contributed by atoms with van der Waals surface area (Å²) in [5.41, 5.74) is 2.21. The minimum absolute atomic E-state index is 0.325. The summed E-state index contributed by atoms with van der Waals surface area (Å²) in [5, 5.41) is 4.11. The van der Waals surface area contributed by atoms with Crippen LogP contribution in [0.15, 0.2) is 52.1 Å². The first-order chi connectivity index (χ1) is 9.72. The van der Waals surface area contributed by atoms with Crippen LogP contribution >= 0.6 is 0 Å². The van der Waals surface area contributed by atoms with Gasteiger partial charge in [0, 0.05) is 30.4 Å². The Morgan fingerprint density at radius 3 is 2.95 bits per heavy atom. The molecule has 1 N–H and O–H groups in total. The van der Waals surface area contributed by atoms with Crippen LogP contribution in [0.1, 0.15) is 11.1 Å². The zero-order valence-electron chi connectivity index (χ0n) is 11.0. The highest BCUT2D eigenvalue weighted by Gasteiger charge is 2.03. The molecule has 0 aliphatic heterocycles. The van der Waals surface area contributed by atoms with Gasteiger partial charge in [0.2, 0.25) is 0 Å². The number of aromatic nitrogens is 2. The second-order valence-corrected chi connectivity index (χ2v) is 4.52. The molecule has 0 spiro atoms. The molecule has 0 amide bonds. The quantitative estimate of drug-likeness (QED) is 0.738. The predicted octanol–water partition coefficient (Wildman–Crippen LogP) is 2.50. The number of nitrogens with one attached hydrogen (secondary N) is 1. The molecule has 2 heterocycles. The number of aryl methyl sites for hydroxylation is 1. The number of fused-ring (bicyclic) bond motifs is 1. The topological polar surface area (TPSA) is 68.0 Å². The minimum atomic E-state index is -0.325. The lowest BCUT2D eigenvalue weighted by Crippen LogP contribution is -2.02. The van der Waals surface area contributed by atoms with E-state index in [9.17, 15) is 4.79 Å². The van der Waals surface area contributed by atoms with Crippen molar-refractivity contribution in [3.05, 3.63) is 64.4 Å². The molecule has 3 rings (SSSR count). The van der Waals surface area contributed by atoms with Gasteiger partial charge in [-0.1, -0.05) is 12.1 Å². The monoisotopic (exact) mass is 267 g/mol. The zero-order chi connectivity index (χ0) is 13.9. The van der Waals surface area contributed by atoms with Crippen molar-refractivity contribution in [2.24, 2.45) is 0 Å². The van der Waals surface area contributed by atoms with E-state index in [1.165, 1.54) is 6.07 Å². The number of hydrogen-bond donors (Lipinski definition) is 1. The standard InChI is InChI=1S/C15H13N3O2/c1-10-6-15(19)20-13-7-11(2-3-12(10)13)8-18-14-9-16-4-5-17-14/h2-7,9H,8H2,1H3,(H,17,18). The normalized spacial score (nSPS) is 10.7. The lowest BCUT2D eigenvalue weighted by Gasteiger charge is -2.06. The molecular formula is C15H13N3O2.